The van der Waals surface area contributed by atoms with Crippen LogP contribution >= 0.6 is 0 Å². The van der Waals surface area contributed by atoms with Crippen LogP contribution < -0.4 is 0 Å². The number of furan rings is 1. The number of aromatic carboxylic acids is 1. The lowest BCUT2D eigenvalue weighted by Gasteiger charge is -2.18. The standard InChI is InChI=1S/C16H20O4/c1-16(2,3)13-11-9-10(7-8-19-4)5-6-12(11)20-14(13)15(17)18/h5-6,9H,7-8H2,1-4H3,(H,17,18). The van der Waals surface area contributed by atoms with Crippen molar-refractivity contribution in [2.75, 3.05) is 13.7 Å². The summed E-state index contributed by atoms with van der Waals surface area (Å²) >= 11 is 0. The number of hydrogen-bond acceptors (Lipinski definition) is 3. The van der Waals surface area contributed by atoms with Gasteiger partial charge >= 0.3 is 5.97 Å². The SMILES string of the molecule is COCCc1ccc2oc(C(=O)O)c(C(C)(C)C)c2c1. The molecule has 0 amide bonds. The molecule has 4 heteroatoms. The van der Waals surface area contributed by atoms with E-state index in [9.17, 15) is 9.90 Å². The summed E-state index contributed by atoms with van der Waals surface area (Å²) in [6.07, 6.45) is 0.795. The van der Waals surface area contributed by atoms with Gasteiger partial charge in [-0.1, -0.05) is 26.8 Å². The molecule has 1 N–H and O–H groups in total. The number of hydrogen-bond donors (Lipinski definition) is 1. The van der Waals surface area contributed by atoms with Gasteiger partial charge in [0.25, 0.3) is 0 Å². The summed E-state index contributed by atoms with van der Waals surface area (Å²) in [5.41, 5.74) is 2.19. The van der Waals surface area contributed by atoms with Gasteiger partial charge in [0.05, 0.1) is 6.61 Å². The quantitative estimate of drug-likeness (QED) is 0.926. The molecule has 0 fully saturated rings. The van der Waals surface area contributed by atoms with Gasteiger partial charge in [-0.15, -0.1) is 0 Å². The average Bonchev–Trinajstić information content (AvgIpc) is 2.74. The fraction of sp³-hybridized carbons (Fsp3) is 0.438. The summed E-state index contributed by atoms with van der Waals surface area (Å²) in [5, 5.41) is 10.2. The summed E-state index contributed by atoms with van der Waals surface area (Å²) in [7, 11) is 1.67. The molecule has 0 unspecified atom stereocenters. The van der Waals surface area contributed by atoms with Crippen molar-refractivity contribution in [2.24, 2.45) is 0 Å². The highest BCUT2D eigenvalue weighted by molar-refractivity contribution is 5.96. The molecule has 0 radical (unpaired) electrons. The molecule has 1 aromatic heterocycles. The highest BCUT2D eigenvalue weighted by atomic mass is 16.5. The van der Waals surface area contributed by atoms with Gasteiger partial charge < -0.3 is 14.3 Å². The van der Waals surface area contributed by atoms with Crippen LogP contribution in [0.1, 0.15) is 42.5 Å². The molecule has 0 bridgehead atoms. The number of rotatable bonds is 4. The molecule has 0 aliphatic carbocycles. The van der Waals surface area contributed by atoms with Crippen LogP contribution in [0.25, 0.3) is 11.0 Å². The van der Waals surface area contributed by atoms with Crippen molar-refractivity contribution in [3.8, 4) is 0 Å². The molecule has 2 aromatic rings. The second-order valence-corrected chi connectivity index (χ2v) is 5.93. The lowest BCUT2D eigenvalue weighted by Crippen LogP contribution is -2.15. The molecule has 0 spiro atoms. The summed E-state index contributed by atoms with van der Waals surface area (Å²) in [5.74, 6) is -0.985. The van der Waals surface area contributed by atoms with Crippen LogP contribution in [0.2, 0.25) is 0 Å². The van der Waals surface area contributed by atoms with Gasteiger partial charge in [0, 0.05) is 18.1 Å². The van der Waals surface area contributed by atoms with Crippen LogP contribution in [0.5, 0.6) is 0 Å². The first kappa shape index (κ1) is 14.6. The van der Waals surface area contributed by atoms with Gasteiger partial charge in [0.15, 0.2) is 0 Å². The Morgan fingerprint density at radius 2 is 2.05 bits per heavy atom. The minimum Gasteiger partial charge on any atom is -0.475 e. The number of carbonyl (C=O) groups is 1. The molecule has 108 valence electrons. The van der Waals surface area contributed by atoms with E-state index in [-0.39, 0.29) is 11.2 Å². The van der Waals surface area contributed by atoms with Crippen molar-refractivity contribution >= 4 is 16.9 Å². The predicted octanol–water partition coefficient (Wildman–Crippen LogP) is 3.62. The van der Waals surface area contributed by atoms with E-state index >= 15 is 0 Å². The number of ether oxygens (including phenoxy) is 1. The summed E-state index contributed by atoms with van der Waals surface area (Å²) < 4.78 is 10.6. The normalized spacial score (nSPS) is 12.0. The maximum Gasteiger partial charge on any atom is 0.372 e. The van der Waals surface area contributed by atoms with E-state index in [0.29, 0.717) is 12.2 Å². The number of carboxylic acids is 1. The molecular weight excluding hydrogens is 256 g/mol. The van der Waals surface area contributed by atoms with E-state index in [1.165, 1.54) is 0 Å². The van der Waals surface area contributed by atoms with Gasteiger partial charge in [0.1, 0.15) is 5.58 Å². The van der Waals surface area contributed by atoms with E-state index in [2.05, 4.69) is 0 Å². The van der Waals surface area contributed by atoms with Gasteiger partial charge in [-0.3, -0.25) is 0 Å². The Morgan fingerprint density at radius 3 is 2.60 bits per heavy atom. The second kappa shape index (κ2) is 5.29. The Kier molecular flexibility index (Phi) is 3.86. The lowest BCUT2D eigenvalue weighted by atomic mass is 9.84. The number of methoxy groups -OCH3 is 1. The predicted molar refractivity (Wildman–Crippen MR) is 77.5 cm³/mol. The van der Waals surface area contributed by atoms with Crippen molar-refractivity contribution in [1.82, 2.24) is 0 Å². The molecular formula is C16H20O4. The van der Waals surface area contributed by atoms with E-state index in [1.54, 1.807) is 7.11 Å². The molecule has 4 nitrogen and oxygen atoms in total. The zero-order valence-corrected chi connectivity index (χ0v) is 12.3. The van der Waals surface area contributed by atoms with Gasteiger partial charge in [-0.05, 0) is 29.5 Å². The van der Waals surface area contributed by atoms with Crippen LogP contribution in [0, 0.1) is 0 Å². The fourth-order valence-corrected chi connectivity index (χ4v) is 2.42. The lowest BCUT2D eigenvalue weighted by molar-refractivity contribution is 0.0661. The summed E-state index contributed by atoms with van der Waals surface area (Å²) in [6.45, 7) is 6.61. The largest absolute Gasteiger partial charge is 0.475 e. The average molecular weight is 276 g/mol. The molecule has 20 heavy (non-hydrogen) atoms. The smallest absolute Gasteiger partial charge is 0.372 e. The van der Waals surface area contributed by atoms with Crippen LogP contribution in [0.3, 0.4) is 0 Å². The van der Waals surface area contributed by atoms with E-state index in [4.69, 9.17) is 9.15 Å². The highest BCUT2D eigenvalue weighted by Gasteiger charge is 2.28. The van der Waals surface area contributed by atoms with Gasteiger partial charge in [-0.2, -0.15) is 0 Å². The third-order valence-electron chi connectivity index (χ3n) is 3.29. The van der Waals surface area contributed by atoms with Crippen molar-refractivity contribution in [3.05, 3.63) is 35.1 Å². The maximum atomic E-state index is 11.4. The Balaban J connectivity index is 2.63. The van der Waals surface area contributed by atoms with Crippen molar-refractivity contribution < 1.29 is 19.1 Å². The number of benzene rings is 1. The zero-order valence-electron chi connectivity index (χ0n) is 12.3. The third-order valence-corrected chi connectivity index (χ3v) is 3.29. The first-order valence-electron chi connectivity index (χ1n) is 6.62. The maximum absolute atomic E-state index is 11.4. The monoisotopic (exact) mass is 276 g/mol. The van der Waals surface area contributed by atoms with Crippen molar-refractivity contribution in [1.29, 1.82) is 0 Å². The van der Waals surface area contributed by atoms with Gasteiger partial charge in [0.2, 0.25) is 5.76 Å². The number of fused-ring (bicyclic) bond motifs is 1. The Labute approximate surface area is 118 Å². The Hall–Kier alpha value is -1.81. The molecule has 0 saturated carbocycles. The van der Waals surface area contributed by atoms with Crippen LogP contribution in [-0.2, 0) is 16.6 Å². The molecule has 1 aromatic carbocycles. The number of carboxylic acid groups (broad SMARTS) is 1. The van der Waals surface area contributed by atoms with E-state index in [1.807, 2.05) is 39.0 Å². The molecule has 0 aliphatic rings. The summed E-state index contributed by atoms with van der Waals surface area (Å²) in [4.78, 5) is 11.4. The first-order chi connectivity index (χ1) is 9.34. The van der Waals surface area contributed by atoms with Crippen LogP contribution in [0.4, 0.5) is 0 Å². The third kappa shape index (κ3) is 2.70. The molecule has 0 atom stereocenters. The Morgan fingerprint density at radius 1 is 1.35 bits per heavy atom. The fourth-order valence-electron chi connectivity index (χ4n) is 2.42. The van der Waals surface area contributed by atoms with Gasteiger partial charge in [-0.25, -0.2) is 4.79 Å². The highest BCUT2D eigenvalue weighted by Crippen LogP contribution is 2.36. The zero-order chi connectivity index (χ0) is 14.9. The molecule has 0 saturated heterocycles. The first-order valence-corrected chi connectivity index (χ1v) is 6.62. The Bertz CT molecular complexity index is 632. The second-order valence-electron chi connectivity index (χ2n) is 5.93. The minimum atomic E-state index is -1.02. The molecule has 2 rings (SSSR count). The van der Waals surface area contributed by atoms with E-state index in [0.717, 1.165) is 22.9 Å². The van der Waals surface area contributed by atoms with Crippen LogP contribution in [0.15, 0.2) is 22.6 Å². The minimum absolute atomic E-state index is 0.0383. The topological polar surface area (TPSA) is 59.7 Å². The van der Waals surface area contributed by atoms with Crippen molar-refractivity contribution in [2.45, 2.75) is 32.6 Å². The van der Waals surface area contributed by atoms with E-state index < -0.39 is 5.97 Å². The molecule has 1 heterocycles. The summed E-state index contributed by atoms with van der Waals surface area (Å²) in [6, 6.07) is 5.79. The van der Waals surface area contributed by atoms with Crippen molar-refractivity contribution in [3.63, 3.8) is 0 Å². The molecule has 0 aliphatic heterocycles. The van der Waals surface area contributed by atoms with Crippen LogP contribution in [-0.4, -0.2) is 24.8 Å².